The molecular weight excluding hydrogens is 306 g/mol. The van der Waals surface area contributed by atoms with Crippen molar-refractivity contribution < 1.29 is 4.74 Å². The average Bonchev–Trinajstić information content (AvgIpc) is 2.97. The van der Waals surface area contributed by atoms with Gasteiger partial charge < -0.3 is 10.1 Å². The molecule has 0 aliphatic carbocycles. The minimum atomic E-state index is -0.244. The molecule has 3 N–H and O–H groups in total. The van der Waals surface area contributed by atoms with Crippen LogP contribution in [0.5, 0.6) is 5.75 Å². The predicted molar refractivity (Wildman–Crippen MR) is 84.5 cm³/mol. The summed E-state index contributed by atoms with van der Waals surface area (Å²) in [5, 5.41) is 10.5. The number of aromatic nitrogens is 4. The molecule has 0 amide bonds. The van der Waals surface area contributed by atoms with Gasteiger partial charge in [-0.05, 0) is 24.6 Å². The van der Waals surface area contributed by atoms with Crippen molar-refractivity contribution in [1.29, 1.82) is 0 Å². The highest BCUT2D eigenvalue weighted by atomic mass is 35.5. The number of benzene rings is 1. The SMILES string of the molecule is CCOc1ccc(CNc2nc3[nH]ncc3c(=O)[nH]2)cc1Cl. The molecule has 0 saturated heterocycles. The first-order valence-corrected chi connectivity index (χ1v) is 7.13. The minimum absolute atomic E-state index is 0.244. The van der Waals surface area contributed by atoms with Crippen LogP contribution in [0.4, 0.5) is 5.95 Å². The Hall–Kier alpha value is -2.54. The van der Waals surface area contributed by atoms with Crippen molar-refractivity contribution in [2.24, 2.45) is 0 Å². The second kappa shape index (κ2) is 6.07. The molecule has 0 radical (unpaired) electrons. The van der Waals surface area contributed by atoms with E-state index in [1.807, 2.05) is 25.1 Å². The zero-order valence-corrected chi connectivity index (χ0v) is 12.6. The zero-order valence-electron chi connectivity index (χ0n) is 11.8. The molecule has 3 rings (SSSR count). The van der Waals surface area contributed by atoms with Gasteiger partial charge >= 0.3 is 0 Å². The number of H-pyrrole nitrogens is 2. The Kier molecular flexibility index (Phi) is 3.97. The molecule has 0 fully saturated rings. The molecule has 3 aromatic rings. The highest BCUT2D eigenvalue weighted by Crippen LogP contribution is 2.25. The Morgan fingerprint density at radius 3 is 3.05 bits per heavy atom. The van der Waals surface area contributed by atoms with E-state index >= 15 is 0 Å². The molecule has 7 nitrogen and oxygen atoms in total. The van der Waals surface area contributed by atoms with Crippen LogP contribution in [0.2, 0.25) is 5.02 Å². The van der Waals surface area contributed by atoms with E-state index in [-0.39, 0.29) is 5.56 Å². The molecule has 0 unspecified atom stereocenters. The number of fused-ring (bicyclic) bond motifs is 1. The van der Waals surface area contributed by atoms with Crippen molar-refractivity contribution in [3.8, 4) is 5.75 Å². The Morgan fingerprint density at radius 2 is 2.27 bits per heavy atom. The largest absolute Gasteiger partial charge is 0.492 e. The fourth-order valence-corrected chi connectivity index (χ4v) is 2.30. The smallest absolute Gasteiger partial charge is 0.263 e. The third-order valence-electron chi connectivity index (χ3n) is 3.08. The Labute approximate surface area is 130 Å². The lowest BCUT2D eigenvalue weighted by molar-refractivity contribution is 0.340. The number of halogens is 1. The quantitative estimate of drug-likeness (QED) is 0.670. The van der Waals surface area contributed by atoms with Crippen LogP contribution in [0, 0.1) is 0 Å². The van der Waals surface area contributed by atoms with Gasteiger partial charge in [0.1, 0.15) is 11.1 Å². The molecule has 2 heterocycles. The number of nitrogens with one attached hydrogen (secondary N) is 3. The predicted octanol–water partition coefficient (Wildman–Crippen LogP) is 2.31. The lowest BCUT2D eigenvalue weighted by Crippen LogP contribution is -2.12. The number of hydrogen-bond donors (Lipinski definition) is 3. The fraction of sp³-hybridized carbons (Fsp3) is 0.214. The van der Waals surface area contributed by atoms with Gasteiger partial charge in [-0.1, -0.05) is 17.7 Å². The monoisotopic (exact) mass is 319 g/mol. The Balaban J connectivity index is 1.76. The molecule has 0 saturated carbocycles. The maximum atomic E-state index is 11.8. The second-order valence-corrected chi connectivity index (χ2v) is 5.01. The molecule has 114 valence electrons. The lowest BCUT2D eigenvalue weighted by Gasteiger charge is -2.09. The van der Waals surface area contributed by atoms with Gasteiger partial charge in [0.25, 0.3) is 5.56 Å². The van der Waals surface area contributed by atoms with Crippen LogP contribution in [-0.4, -0.2) is 26.8 Å². The van der Waals surface area contributed by atoms with Gasteiger partial charge in [-0.15, -0.1) is 0 Å². The van der Waals surface area contributed by atoms with E-state index in [2.05, 4.69) is 25.5 Å². The average molecular weight is 320 g/mol. The van der Waals surface area contributed by atoms with Crippen molar-refractivity contribution in [2.45, 2.75) is 13.5 Å². The van der Waals surface area contributed by atoms with Gasteiger partial charge in [0.15, 0.2) is 5.65 Å². The van der Waals surface area contributed by atoms with Crippen molar-refractivity contribution in [1.82, 2.24) is 20.2 Å². The van der Waals surface area contributed by atoms with E-state index in [0.29, 0.717) is 40.9 Å². The summed E-state index contributed by atoms with van der Waals surface area (Å²) in [6.07, 6.45) is 1.44. The summed E-state index contributed by atoms with van der Waals surface area (Å²) in [5.74, 6) is 1.02. The summed E-state index contributed by atoms with van der Waals surface area (Å²) >= 11 is 6.14. The van der Waals surface area contributed by atoms with Crippen molar-refractivity contribution in [3.05, 3.63) is 45.3 Å². The Bertz CT molecular complexity index is 858. The van der Waals surface area contributed by atoms with Crippen LogP contribution in [0.25, 0.3) is 11.0 Å². The number of aromatic amines is 2. The van der Waals surface area contributed by atoms with Crippen LogP contribution >= 0.6 is 11.6 Å². The maximum absolute atomic E-state index is 11.8. The van der Waals surface area contributed by atoms with Crippen molar-refractivity contribution >= 4 is 28.6 Å². The zero-order chi connectivity index (χ0) is 15.5. The van der Waals surface area contributed by atoms with Gasteiger partial charge in [-0.3, -0.25) is 14.9 Å². The summed E-state index contributed by atoms with van der Waals surface area (Å²) in [6.45, 7) is 2.93. The number of ether oxygens (including phenoxy) is 1. The van der Waals surface area contributed by atoms with Gasteiger partial charge in [0.05, 0.1) is 17.8 Å². The third kappa shape index (κ3) is 2.89. The minimum Gasteiger partial charge on any atom is -0.492 e. The topological polar surface area (TPSA) is 95.7 Å². The maximum Gasteiger partial charge on any atom is 0.263 e. The summed E-state index contributed by atoms with van der Waals surface area (Å²) in [5.41, 5.74) is 1.14. The van der Waals surface area contributed by atoms with Gasteiger partial charge in [-0.2, -0.15) is 10.1 Å². The van der Waals surface area contributed by atoms with Gasteiger partial charge in [0.2, 0.25) is 5.95 Å². The van der Waals surface area contributed by atoms with E-state index < -0.39 is 0 Å². The van der Waals surface area contributed by atoms with Crippen LogP contribution in [0.3, 0.4) is 0 Å². The second-order valence-electron chi connectivity index (χ2n) is 4.60. The molecule has 0 spiro atoms. The normalized spacial score (nSPS) is 10.8. The first-order valence-electron chi connectivity index (χ1n) is 6.76. The van der Waals surface area contributed by atoms with Crippen LogP contribution in [0.1, 0.15) is 12.5 Å². The highest BCUT2D eigenvalue weighted by Gasteiger charge is 2.06. The van der Waals surface area contributed by atoms with Crippen LogP contribution in [0.15, 0.2) is 29.2 Å². The van der Waals surface area contributed by atoms with Crippen molar-refractivity contribution in [3.63, 3.8) is 0 Å². The van der Waals surface area contributed by atoms with Crippen LogP contribution in [-0.2, 0) is 6.54 Å². The van der Waals surface area contributed by atoms with Gasteiger partial charge in [-0.25, -0.2) is 0 Å². The first-order chi connectivity index (χ1) is 10.7. The van der Waals surface area contributed by atoms with Crippen molar-refractivity contribution in [2.75, 3.05) is 11.9 Å². The molecule has 22 heavy (non-hydrogen) atoms. The van der Waals surface area contributed by atoms with E-state index in [1.54, 1.807) is 0 Å². The molecule has 1 aromatic carbocycles. The lowest BCUT2D eigenvalue weighted by atomic mass is 10.2. The standard InChI is InChI=1S/C14H14ClN5O2/c1-2-22-11-4-3-8(5-10(11)15)6-16-14-18-12-9(7-17-20-12)13(21)19-14/h3-5,7H,2,6H2,1H3,(H3,16,17,18,19,20,21). The summed E-state index contributed by atoms with van der Waals surface area (Å²) in [4.78, 5) is 18.7. The number of anilines is 1. The highest BCUT2D eigenvalue weighted by molar-refractivity contribution is 6.32. The molecular formula is C14H14ClN5O2. The summed E-state index contributed by atoms with van der Waals surface area (Å²) in [7, 11) is 0. The van der Waals surface area contributed by atoms with Gasteiger partial charge in [0, 0.05) is 6.54 Å². The third-order valence-corrected chi connectivity index (χ3v) is 3.37. The molecule has 0 aliphatic heterocycles. The molecule has 0 atom stereocenters. The number of hydrogen-bond acceptors (Lipinski definition) is 5. The number of rotatable bonds is 5. The van der Waals surface area contributed by atoms with E-state index in [4.69, 9.17) is 16.3 Å². The molecule has 0 bridgehead atoms. The Morgan fingerprint density at radius 1 is 1.41 bits per heavy atom. The van der Waals surface area contributed by atoms with E-state index in [0.717, 1.165) is 5.56 Å². The van der Waals surface area contributed by atoms with Crippen LogP contribution < -0.4 is 15.6 Å². The molecule has 8 heteroatoms. The summed E-state index contributed by atoms with van der Waals surface area (Å²) < 4.78 is 5.39. The first kappa shape index (κ1) is 14.4. The number of nitrogens with zero attached hydrogens (tertiary/aromatic N) is 2. The molecule has 2 aromatic heterocycles. The fourth-order valence-electron chi connectivity index (χ4n) is 2.04. The van der Waals surface area contributed by atoms with E-state index in [1.165, 1.54) is 6.20 Å². The summed E-state index contributed by atoms with van der Waals surface area (Å²) in [6, 6.07) is 5.53. The van der Waals surface area contributed by atoms with E-state index in [9.17, 15) is 4.79 Å². The molecule has 0 aliphatic rings.